The molecule has 0 rings (SSSR count). The summed E-state index contributed by atoms with van der Waals surface area (Å²) in [4.78, 5) is 2.38. The molecule has 0 saturated carbocycles. The molecule has 0 saturated heterocycles. The normalized spacial score (nSPS) is 13.8. The second-order valence-electron chi connectivity index (χ2n) is 4.76. The summed E-state index contributed by atoms with van der Waals surface area (Å²) in [5.41, 5.74) is 0. The highest BCUT2D eigenvalue weighted by molar-refractivity contribution is 4.60. The molecule has 1 unspecified atom stereocenters. The second kappa shape index (κ2) is 9.13. The van der Waals surface area contributed by atoms with Gasteiger partial charge < -0.3 is 15.0 Å². The summed E-state index contributed by atoms with van der Waals surface area (Å²) in [5.74, 6) is 0.663. The fourth-order valence-electron chi connectivity index (χ4n) is 1.46. The Kier molecular flexibility index (Phi) is 9.06. The lowest BCUT2D eigenvalue weighted by molar-refractivity contribution is 0.148. The maximum atomic E-state index is 5.12. The highest BCUT2D eigenvalue weighted by Crippen LogP contribution is 2.02. The molecule has 0 aliphatic rings. The fourth-order valence-corrected chi connectivity index (χ4v) is 1.46. The Balaban J connectivity index is 3.36. The van der Waals surface area contributed by atoms with Gasteiger partial charge in [-0.1, -0.05) is 20.8 Å². The molecule has 0 aliphatic carbocycles. The molecule has 3 nitrogen and oxygen atoms in total. The van der Waals surface area contributed by atoms with Crippen molar-refractivity contribution >= 4 is 0 Å². The zero-order valence-electron chi connectivity index (χ0n) is 11.0. The quantitative estimate of drug-likeness (QED) is 0.633. The van der Waals surface area contributed by atoms with Crippen molar-refractivity contribution in [1.82, 2.24) is 10.2 Å². The SMILES string of the molecule is COCC(C)CCN(C)CCNC(C)C. The van der Waals surface area contributed by atoms with Crippen LogP contribution in [-0.4, -0.2) is 51.3 Å². The average molecular weight is 216 g/mol. The van der Waals surface area contributed by atoms with Crippen LogP contribution in [0.2, 0.25) is 0 Å². The van der Waals surface area contributed by atoms with Crippen molar-refractivity contribution in [2.24, 2.45) is 5.92 Å². The van der Waals surface area contributed by atoms with Crippen LogP contribution in [0.25, 0.3) is 0 Å². The van der Waals surface area contributed by atoms with Gasteiger partial charge in [-0.25, -0.2) is 0 Å². The van der Waals surface area contributed by atoms with E-state index in [1.807, 2.05) is 0 Å². The fraction of sp³-hybridized carbons (Fsp3) is 1.00. The molecular formula is C12H28N2O. The third kappa shape index (κ3) is 10.2. The molecule has 0 heterocycles. The van der Waals surface area contributed by atoms with Crippen molar-refractivity contribution < 1.29 is 4.74 Å². The number of nitrogens with zero attached hydrogens (tertiary/aromatic N) is 1. The lowest BCUT2D eigenvalue weighted by Crippen LogP contribution is -2.33. The molecule has 92 valence electrons. The van der Waals surface area contributed by atoms with E-state index in [9.17, 15) is 0 Å². The van der Waals surface area contributed by atoms with Gasteiger partial charge in [0.25, 0.3) is 0 Å². The highest BCUT2D eigenvalue weighted by Gasteiger charge is 2.04. The Bertz CT molecular complexity index is 140. The third-order valence-electron chi connectivity index (χ3n) is 2.50. The first kappa shape index (κ1) is 14.9. The van der Waals surface area contributed by atoms with E-state index < -0.39 is 0 Å². The van der Waals surface area contributed by atoms with Crippen molar-refractivity contribution in [2.75, 3.05) is 40.4 Å². The summed E-state index contributed by atoms with van der Waals surface area (Å²) in [6.45, 7) is 10.8. The first-order chi connectivity index (χ1) is 7.06. The molecule has 0 aromatic rings. The molecule has 0 aliphatic heterocycles. The molecule has 3 heteroatoms. The van der Waals surface area contributed by atoms with Crippen molar-refractivity contribution in [2.45, 2.75) is 33.2 Å². The summed E-state index contributed by atoms with van der Waals surface area (Å²) in [7, 11) is 3.95. The minimum Gasteiger partial charge on any atom is -0.384 e. The number of ether oxygens (including phenoxy) is 1. The third-order valence-corrected chi connectivity index (χ3v) is 2.50. The number of hydrogen-bond acceptors (Lipinski definition) is 3. The van der Waals surface area contributed by atoms with Gasteiger partial charge in [0, 0.05) is 32.8 Å². The van der Waals surface area contributed by atoms with E-state index in [0.717, 1.165) is 26.2 Å². The Morgan fingerprint density at radius 1 is 1.20 bits per heavy atom. The van der Waals surface area contributed by atoms with E-state index in [2.05, 4.69) is 38.0 Å². The minimum atomic E-state index is 0.589. The summed E-state index contributed by atoms with van der Waals surface area (Å²) in [5, 5.41) is 3.42. The van der Waals surface area contributed by atoms with E-state index in [0.29, 0.717) is 12.0 Å². The van der Waals surface area contributed by atoms with Crippen LogP contribution in [0.15, 0.2) is 0 Å². The molecule has 0 radical (unpaired) electrons. The molecule has 1 N–H and O–H groups in total. The van der Waals surface area contributed by atoms with Gasteiger partial charge in [0.05, 0.1) is 0 Å². The lowest BCUT2D eigenvalue weighted by atomic mass is 10.1. The van der Waals surface area contributed by atoms with Crippen LogP contribution in [-0.2, 0) is 4.74 Å². The van der Waals surface area contributed by atoms with Crippen molar-refractivity contribution in [3.8, 4) is 0 Å². The lowest BCUT2D eigenvalue weighted by Gasteiger charge is -2.19. The Labute approximate surface area is 95.2 Å². The van der Waals surface area contributed by atoms with Gasteiger partial charge in [0.15, 0.2) is 0 Å². The maximum Gasteiger partial charge on any atom is 0.0488 e. The first-order valence-electron chi connectivity index (χ1n) is 5.97. The summed E-state index contributed by atoms with van der Waals surface area (Å²) in [6, 6.07) is 0.589. The molecule has 0 aromatic carbocycles. The van der Waals surface area contributed by atoms with Crippen LogP contribution in [0.5, 0.6) is 0 Å². The summed E-state index contributed by atoms with van der Waals surface area (Å²) < 4.78 is 5.12. The molecule has 0 amide bonds. The minimum absolute atomic E-state index is 0.589. The van der Waals surface area contributed by atoms with Crippen molar-refractivity contribution in [3.63, 3.8) is 0 Å². The Morgan fingerprint density at radius 2 is 1.87 bits per heavy atom. The molecule has 0 spiro atoms. The van der Waals surface area contributed by atoms with E-state index in [-0.39, 0.29) is 0 Å². The topological polar surface area (TPSA) is 24.5 Å². The van der Waals surface area contributed by atoms with Crippen LogP contribution in [0.1, 0.15) is 27.2 Å². The Morgan fingerprint density at radius 3 is 2.40 bits per heavy atom. The van der Waals surface area contributed by atoms with Crippen molar-refractivity contribution in [3.05, 3.63) is 0 Å². The van der Waals surface area contributed by atoms with Crippen LogP contribution < -0.4 is 5.32 Å². The highest BCUT2D eigenvalue weighted by atomic mass is 16.5. The van der Waals surface area contributed by atoms with Gasteiger partial charge in [0.2, 0.25) is 0 Å². The molecule has 0 aromatic heterocycles. The smallest absolute Gasteiger partial charge is 0.0488 e. The van der Waals surface area contributed by atoms with Crippen LogP contribution in [0, 0.1) is 5.92 Å². The monoisotopic (exact) mass is 216 g/mol. The average Bonchev–Trinajstić information content (AvgIpc) is 2.14. The van der Waals surface area contributed by atoms with Gasteiger partial charge in [-0.05, 0) is 25.9 Å². The van der Waals surface area contributed by atoms with Crippen molar-refractivity contribution in [1.29, 1.82) is 0 Å². The predicted octanol–water partition coefficient (Wildman–Crippen LogP) is 1.59. The largest absolute Gasteiger partial charge is 0.384 e. The van der Waals surface area contributed by atoms with Crippen LogP contribution in [0.3, 0.4) is 0 Å². The molecule has 0 fully saturated rings. The number of rotatable bonds is 9. The number of nitrogens with one attached hydrogen (secondary N) is 1. The van der Waals surface area contributed by atoms with E-state index in [1.165, 1.54) is 6.42 Å². The van der Waals surface area contributed by atoms with E-state index in [4.69, 9.17) is 4.74 Å². The summed E-state index contributed by atoms with van der Waals surface area (Å²) >= 11 is 0. The summed E-state index contributed by atoms with van der Waals surface area (Å²) in [6.07, 6.45) is 1.21. The number of methoxy groups -OCH3 is 1. The van der Waals surface area contributed by atoms with Gasteiger partial charge in [-0.2, -0.15) is 0 Å². The molecule has 1 atom stereocenters. The predicted molar refractivity (Wildman–Crippen MR) is 66.3 cm³/mol. The zero-order chi connectivity index (χ0) is 11.7. The number of hydrogen-bond donors (Lipinski definition) is 1. The van der Waals surface area contributed by atoms with Gasteiger partial charge in [0.1, 0.15) is 0 Å². The van der Waals surface area contributed by atoms with Crippen LogP contribution in [0.4, 0.5) is 0 Å². The second-order valence-corrected chi connectivity index (χ2v) is 4.76. The standard InChI is InChI=1S/C12H28N2O/c1-11(2)13-7-9-14(4)8-6-12(3)10-15-5/h11-13H,6-10H2,1-5H3. The van der Waals surface area contributed by atoms with Crippen LogP contribution >= 0.6 is 0 Å². The van der Waals surface area contributed by atoms with Gasteiger partial charge >= 0.3 is 0 Å². The first-order valence-corrected chi connectivity index (χ1v) is 5.97. The van der Waals surface area contributed by atoms with Gasteiger partial charge in [-0.3, -0.25) is 0 Å². The molecule has 0 bridgehead atoms. The number of likely N-dealkylation sites (N-methyl/N-ethyl adjacent to an activating group) is 1. The molecular weight excluding hydrogens is 188 g/mol. The van der Waals surface area contributed by atoms with Gasteiger partial charge in [-0.15, -0.1) is 0 Å². The van der Waals surface area contributed by atoms with E-state index >= 15 is 0 Å². The maximum absolute atomic E-state index is 5.12. The zero-order valence-corrected chi connectivity index (χ0v) is 11.0. The van der Waals surface area contributed by atoms with E-state index in [1.54, 1.807) is 7.11 Å². The Hall–Kier alpha value is -0.120. The molecule has 15 heavy (non-hydrogen) atoms.